The number of benzene rings is 2. The van der Waals surface area contributed by atoms with Gasteiger partial charge in [0.25, 0.3) is 10.0 Å². The topological polar surface area (TPSA) is 107 Å². The van der Waals surface area contributed by atoms with Gasteiger partial charge in [0.1, 0.15) is 0 Å². The number of hydrogen-bond donors (Lipinski definition) is 3. The maximum Gasteiger partial charge on any atom is 0.416 e. The number of carbonyl (C=O) groups is 1. The number of aliphatic hydroxyl groups excluding tert-OH is 1. The first-order chi connectivity index (χ1) is 13.9. The molecule has 0 aromatic heterocycles. The van der Waals surface area contributed by atoms with E-state index in [1.807, 2.05) is 0 Å². The highest BCUT2D eigenvalue weighted by Crippen LogP contribution is 2.38. The van der Waals surface area contributed by atoms with Gasteiger partial charge in [-0.3, -0.25) is 4.72 Å². The number of aromatic carboxylic acids is 1. The number of halogens is 3. The Kier molecular flexibility index (Phi) is 5.70. The van der Waals surface area contributed by atoms with Crippen molar-refractivity contribution in [2.45, 2.75) is 30.5 Å². The molecule has 0 aliphatic carbocycles. The van der Waals surface area contributed by atoms with Crippen LogP contribution in [0.4, 0.5) is 24.5 Å². The largest absolute Gasteiger partial charge is 0.478 e. The summed E-state index contributed by atoms with van der Waals surface area (Å²) in [5.41, 5.74) is -1.10. The normalized spacial score (nSPS) is 15.0. The lowest BCUT2D eigenvalue weighted by atomic mass is 10.1. The fraction of sp³-hybridized carbons (Fsp3) is 0.316. The minimum atomic E-state index is -4.69. The van der Waals surface area contributed by atoms with Gasteiger partial charge in [0.15, 0.2) is 0 Å². The monoisotopic (exact) mass is 444 g/mol. The van der Waals surface area contributed by atoms with Crippen molar-refractivity contribution in [1.82, 2.24) is 0 Å². The van der Waals surface area contributed by atoms with Crippen LogP contribution >= 0.6 is 0 Å². The van der Waals surface area contributed by atoms with Crippen LogP contribution < -0.4 is 9.62 Å². The molecule has 0 bridgehead atoms. The van der Waals surface area contributed by atoms with Crippen LogP contribution in [0.1, 0.15) is 28.4 Å². The predicted molar refractivity (Wildman–Crippen MR) is 103 cm³/mol. The molecule has 162 valence electrons. The average Bonchev–Trinajstić information content (AvgIpc) is 2.64. The SMILES string of the molecule is CCc1ccc(C(=O)O)cc1S(=O)(=O)Nc1cc(C(F)(F)F)ccc1N1CC(O)C1. The molecule has 0 spiro atoms. The third-order valence-electron chi connectivity index (χ3n) is 4.76. The molecule has 11 heteroatoms. The molecule has 1 saturated heterocycles. The number of nitrogens with zero attached hydrogens (tertiary/aromatic N) is 1. The summed E-state index contributed by atoms with van der Waals surface area (Å²) >= 11 is 0. The molecule has 1 heterocycles. The number of β-amino-alcohol motifs (C(OH)–C–C–N with tert-alkyl or cyclic N) is 1. The van der Waals surface area contributed by atoms with Gasteiger partial charge in [0, 0.05) is 13.1 Å². The zero-order valence-electron chi connectivity index (χ0n) is 15.8. The van der Waals surface area contributed by atoms with E-state index in [-0.39, 0.29) is 41.3 Å². The Morgan fingerprint density at radius 2 is 1.87 bits per heavy atom. The van der Waals surface area contributed by atoms with Gasteiger partial charge in [-0.1, -0.05) is 13.0 Å². The molecule has 0 saturated carbocycles. The first-order valence-electron chi connectivity index (χ1n) is 8.95. The van der Waals surface area contributed by atoms with Gasteiger partial charge in [0.2, 0.25) is 0 Å². The second-order valence-corrected chi connectivity index (χ2v) is 8.53. The molecule has 1 aliphatic rings. The highest BCUT2D eigenvalue weighted by molar-refractivity contribution is 7.92. The van der Waals surface area contributed by atoms with E-state index in [9.17, 15) is 31.5 Å². The fourth-order valence-electron chi connectivity index (χ4n) is 3.15. The van der Waals surface area contributed by atoms with Crippen molar-refractivity contribution in [1.29, 1.82) is 0 Å². The number of alkyl halides is 3. The summed E-state index contributed by atoms with van der Waals surface area (Å²) < 4.78 is 67.7. The first kappa shape index (κ1) is 21.9. The van der Waals surface area contributed by atoms with Crippen molar-refractivity contribution in [3.05, 3.63) is 53.1 Å². The Morgan fingerprint density at radius 1 is 1.20 bits per heavy atom. The number of sulfonamides is 1. The molecule has 0 unspecified atom stereocenters. The minimum Gasteiger partial charge on any atom is -0.478 e. The zero-order chi connectivity index (χ0) is 22.3. The Balaban J connectivity index is 2.08. The summed E-state index contributed by atoms with van der Waals surface area (Å²) in [7, 11) is -4.40. The highest BCUT2D eigenvalue weighted by atomic mass is 32.2. The van der Waals surface area contributed by atoms with E-state index in [0.717, 1.165) is 18.2 Å². The van der Waals surface area contributed by atoms with E-state index in [1.165, 1.54) is 17.0 Å². The van der Waals surface area contributed by atoms with Crippen LogP contribution in [0.2, 0.25) is 0 Å². The van der Waals surface area contributed by atoms with Gasteiger partial charge in [-0.15, -0.1) is 0 Å². The summed E-state index contributed by atoms with van der Waals surface area (Å²) in [5.74, 6) is -1.33. The van der Waals surface area contributed by atoms with E-state index >= 15 is 0 Å². The molecule has 0 amide bonds. The summed E-state index contributed by atoms with van der Waals surface area (Å²) in [6, 6.07) is 6.25. The molecule has 0 atom stereocenters. The molecule has 30 heavy (non-hydrogen) atoms. The average molecular weight is 444 g/mol. The molecule has 3 N–H and O–H groups in total. The standard InChI is InChI=1S/C19H19F3N2O5S/c1-2-11-3-4-12(18(26)27)7-17(11)30(28,29)23-15-8-13(19(20,21)22)5-6-16(15)24-9-14(25)10-24/h3-8,14,23,25H,2,9-10H2,1H3,(H,26,27). The van der Waals surface area contributed by atoms with Gasteiger partial charge in [-0.2, -0.15) is 13.2 Å². The smallest absolute Gasteiger partial charge is 0.416 e. The van der Waals surface area contributed by atoms with Gasteiger partial charge >= 0.3 is 12.1 Å². The summed E-state index contributed by atoms with van der Waals surface area (Å²) in [4.78, 5) is 12.5. The zero-order valence-corrected chi connectivity index (χ0v) is 16.6. The highest BCUT2D eigenvalue weighted by Gasteiger charge is 2.34. The van der Waals surface area contributed by atoms with Crippen LogP contribution in [0.15, 0.2) is 41.3 Å². The number of aliphatic hydroxyl groups is 1. The lowest BCUT2D eigenvalue weighted by Crippen LogP contribution is -2.51. The number of nitrogens with one attached hydrogen (secondary N) is 1. The van der Waals surface area contributed by atoms with Crippen molar-refractivity contribution in [3.8, 4) is 0 Å². The van der Waals surface area contributed by atoms with Crippen molar-refractivity contribution < 1.29 is 36.6 Å². The molecule has 2 aromatic rings. The van der Waals surface area contributed by atoms with E-state index in [2.05, 4.69) is 4.72 Å². The van der Waals surface area contributed by atoms with Crippen LogP contribution in [0.25, 0.3) is 0 Å². The molecular formula is C19H19F3N2O5S. The molecule has 2 aromatic carbocycles. The van der Waals surface area contributed by atoms with Gasteiger partial charge in [0.05, 0.1) is 33.5 Å². The van der Waals surface area contributed by atoms with Gasteiger partial charge < -0.3 is 15.1 Å². The quantitative estimate of drug-likeness (QED) is 0.633. The molecule has 3 rings (SSSR count). The minimum absolute atomic E-state index is 0.148. The summed E-state index contributed by atoms with van der Waals surface area (Å²) in [6.45, 7) is 1.97. The Morgan fingerprint density at radius 3 is 2.40 bits per heavy atom. The van der Waals surface area contributed by atoms with Crippen LogP contribution in [0.5, 0.6) is 0 Å². The van der Waals surface area contributed by atoms with Crippen LogP contribution in [-0.4, -0.2) is 43.8 Å². The van der Waals surface area contributed by atoms with Crippen LogP contribution in [0, 0.1) is 0 Å². The fourth-order valence-corrected chi connectivity index (χ4v) is 4.55. The first-order valence-corrected chi connectivity index (χ1v) is 10.4. The van der Waals surface area contributed by atoms with Gasteiger partial charge in [-0.05, 0) is 42.3 Å². The van der Waals surface area contributed by atoms with Crippen molar-refractivity contribution >= 4 is 27.4 Å². The van der Waals surface area contributed by atoms with Gasteiger partial charge in [-0.25, -0.2) is 13.2 Å². The molecule has 7 nitrogen and oxygen atoms in total. The number of aryl methyl sites for hydroxylation is 1. The summed E-state index contributed by atoms with van der Waals surface area (Å²) in [6.07, 6.45) is -5.08. The predicted octanol–water partition coefficient (Wildman–Crippen LogP) is 2.95. The number of carboxylic acids is 1. The van der Waals surface area contributed by atoms with Crippen molar-refractivity contribution in [3.63, 3.8) is 0 Å². The third-order valence-corrected chi connectivity index (χ3v) is 6.20. The van der Waals surface area contributed by atoms with Crippen molar-refractivity contribution in [2.24, 2.45) is 0 Å². The Hall–Kier alpha value is -2.79. The Bertz CT molecular complexity index is 1080. The summed E-state index contributed by atoms with van der Waals surface area (Å²) in [5, 5.41) is 18.7. The second-order valence-electron chi connectivity index (χ2n) is 6.88. The third kappa shape index (κ3) is 4.36. The van der Waals surface area contributed by atoms with E-state index in [4.69, 9.17) is 5.11 Å². The molecule has 1 fully saturated rings. The molecular weight excluding hydrogens is 425 g/mol. The Labute approximate surface area is 170 Å². The van der Waals surface area contributed by atoms with Crippen LogP contribution in [0.3, 0.4) is 0 Å². The number of carboxylic acid groups (broad SMARTS) is 1. The van der Waals surface area contributed by atoms with Crippen molar-refractivity contribution in [2.75, 3.05) is 22.7 Å². The number of anilines is 2. The maximum atomic E-state index is 13.2. The lowest BCUT2D eigenvalue weighted by molar-refractivity contribution is -0.137. The molecule has 1 aliphatic heterocycles. The maximum absolute atomic E-state index is 13.2. The van der Waals surface area contributed by atoms with E-state index in [1.54, 1.807) is 6.92 Å². The molecule has 0 radical (unpaired) electrons. The van der Waals surface area contributed by atoms with E-state index in [0.29, 0.717) is 11.6 Å². The number of rotatable bonds is 6. The second kappa shape index (κ2) is 7.80. The van der Waals surface area contributed by atoms with E-state index < -0.39 is 33.8 Å². The number of hydrogen-bond acceptors (Lipinski definition) is 5. The lowest BCUT2D eigenvalue weighted by Gasteiger charge is -2.39. The van der Waals surface area contributed by atoms with Crippen LogP contribution in [-0.2, 0) is 22.6 Å².